The molecule has 3 saturated heterocycles. The maximum absolute atomic E-state index is 12.3. The number of hydrogen-bond acceptors (Lipinski definition) is 6. The van der Waals surface area contributed by atoms with Gasteiger partial charge in [0.25, 0.3) is 0 Å². The van der Waals surface area contributed by atoms with Crippen LogP contribution in [0.4, 0.5) is 10.5 Å². The highest BCUT2D eigenvalue weighted by molar-refractivity contribution is 6.07. The zero-order valence-corrected chi connectivity index (χ0v) is 20.4. The molecule has 2 aromatic heterocycles. The van der Waals surface area contributed by atoms with Gasteiger partial charge in [-0.15, -0.1) is 0 Å². The molecule has 34 heavy (non-hydrogen) atoms. The molecule has 0 saturated carbocycles. The van der Waals surface area contributed by atoms with Crippen molar-refractivity contribution < 1.29 is 14.3 Å². The number of hydrogen-bond donors (Lipinski definition) is 1. The Hall–Kier alpha value is -2.49. The molecule has 5 rings (SSSR count). The number of anilines is 1. The fraction of sp³-hybridized carbons (Fsp3) is 0.640. The van der Waals surface area contributed by atoms with Crippen LogP contribution in [0, 0.1) is 5.92 Å². The van der Waals surface area contributed by atoms with E-state index in [1.54, 1.807) is 15.6 Å². The SMILES string of the molecule is C[C@@H]1CC(CN2CCN(Cc3ccn4ncc(N5CCC(=O)NC5=O)c4c3)C[C@@H]2C)C[C@H](C)O1. The Balaban J connectivity index is 1.22. The summed E-state index contributed by atoms with van der Waals surface area (Å²) in [6, 6.07) is 4.36. The molecule has 2 aromatic rings. The lowest BCUT2D eigenvalue weighted by Gasteiger charge is -2.43. The standard InChI is InChI=1S/C25H36N6O3/c1-17-14-28(8-9-29(17)16-21-10-18(2)34-19(3)11-21)15-20-4-7-31-22(12-20)23(13-26-31)30-6-5-24(32)27-25(30)33/h4,7,12-13,17-19,21H,5-6,8-11,14-16H2,1-3H3,(H,27,32,33)/t17-,18-,19+,21?/m0/s1. The van der Waals surface area contributed by atoms with Crippen molar-refractivity contribution in [3.8, 4) is 0 Å². The van der Waals surface area contributed by atoms with Crippen molar-refractivity contribution in [2.24, 2.45) is 5.92 Å². The third-order valence-electron chi connectivity index (χ3n) is 7.45. The van der Waals surface area contributed by atoms with Crippen LogP contribution in [-0.2, 0) is 16.1 Å². The van der Waals surface area contributed by atoms with Crippen LogP contribution in [0.15, 0.2) is 24.5 Å². The second-order valence-electron chi connectivity index (χ2n) is 10.3. The minimum Gasteiger partial charge on any atom is -0.376 e. The smallest absolute Gasteiger partial charge is 0.328 e. The number of pyridine rings is 1. The first-order valence-electron chi connectivity index (χ1n) is 12.5. The number of nitrogens with one attached hydrogen (secondary N) is 1. The number of imide groups is 1. The van der Waals surface area contributed by atoms with Crippen LogP contribution >= 0.6 is 0 Å². The molecule has 3 amide bonds. The second-order valence-corrected chi connectivity index (χ2v) is 10.3. The number of ether oxygens (including phenoxy) is 1. The predicted octanol–water partition coefficient (Wildman–Crippen LogP) is 2.49. The van der Waals surface area contributed by atoms with Crippen LogP contribution in [0.5, 0.6) is 0 Å². The van der Waals surface area contributed by atoms with Crippen LogP contribution in [0.3, 0.4) is 0 Å². The Morgan fingerprint density at radius 1 is 1.12 bits per heavy atom. The monoisotopic (exact) mass is 468 g/mol. The van der Waals surface area contributed by atoms with E-state index in [-0.39, 0.29) is 11.9 Å². The molecule has 3 aliphatic rings. The molecular weight excluding hydrogens is 432 g/mol. The summed E-state index contributed by atoms with van der Waals surface area (Å²) < 4.78 is 7.72. The van der Waals surface area contributed by atoms with E-state index in [2.05, 4.69) is 53.1 Å². The van der Waals surface area contributed by atoms with Gasteiger partial charge in [0.1, 0.15) is 0 Å². The summed E-state index contributed by atoms with van der Waals surface area (Å²) in [6.45, 7) is 12.3. The van der Waals surface area contributed by atoms with Crippen molar-refractivity contribution in [3.05, 3.63) is 30.1 Å². The third-order valence-corrected chi connectivity index (χ3v) is 7.45. The lowest BCUT2D eigenvalue weighted by molar-refractivity contribution is -0.120. The highest BCUT2D eigenvalue weighted by Crippen LogP contribution is 2.28. The number of rotatable bonds is 5. The minimum absolute atomic E-state index is 0.229. The number of aromatic nitrogens is 2. The van der Waals surface area contributed by atoms with Gasteiger partial charge in [-0.2, -0.15) is 5.10 Å². The van der Waals surface area contributed by atoms with Gasteiger partial charge in [-0.25, -0.2) is 9.31 Å². The summed E-state index contributed by atoms with van der Waals surface area (Å²) >= 11 is 0. The van der Waals surface area contributed by atoms with Gasteiger partial charge in [0.05, 0.1) is 29.6 Å². The first-order chi connectivity index (χ1) is 16.4. The quantitative estimate of drug-likeness (QED) is 0.726. The van der Waals surface area contributed by atoms with Crippen LogP contribution in [0.2, 0.25) is 0 Å². The van der Waals surface area contributed by atoms with Crippen molar-refractivity contribution in [2.45, 2.75) is 64.8 Å². The van der Waals surface area contributed by atoms with E-state index in [0.29, 0.717) is 31.2 Å². The molecule has 9 nitrogen and oxygen atoms in total. The van der Waals surface area contributed by atoms with E-state index in [0.717, 1.165) is 56.1 Å². The maximum Gasteiger partial charge on any atom is 0.328 e. The summed E-state index contributed by atoms with van der Waals surface area (Å²) in [5, 5.41) is 6.80. The molecule has 0 aromatic carbocycles. The van der Waals surface area contributed by atoms with Gasteiger partial charge in [-0.1, -0.05) is 0 Å². The summed E-state index contributed by atoms with van der Waals surface area (Å²) in [7, 11) is 0. The number of nitrogens with zero attached hydrogens (tertiary/aromatic N) is 5. The zero-order valence-electron chi connectivity index (χ0n) is 20.4. The Labute approximate surface area is 201 Å². The largest absolute Gasteiger partial charge is 0.376 e. The van der Waals surface area contributed by atoms with E-state index >= 15 is 0 Å². The van der Waals surface area contributed by atoms with Crippen LogP contribution in [-0.4, -0.2) is 82.3 Å². The van der Waals surface area contributed by atoms with Crippen molar-refractivity contribution in [1.29, 1.82) is 0 Å². The Morgan fingerprint density at radius 3 is 2.65 bits per heavy atom. The van der Waals surface area contributed by atoms with Crippen molar-refractivity contribution in [1.82, 2.24) is 24.7 Å². The van der Waals surface area contributed by atoms with E-state index in [9.17, 15) is 9.59 Å². The summed E-state index contributed by atoms with van der Waals surface area (Å²) in [6.07, 6.45) is 7.01. The molecule has 0 spiro atoms. The van der Waals surface area contributed by atoms with Crippen molar-refractivity contribution in [3.63, 3.8) is 0 Å². The number of amides is 3. The first-order valence-corrected chi connectivity index (χ1v) is 12.5. The zero-order chi connectivity index (χ0) is 23.8. The average molecular weight is 469 g/mol. The molecule has 3 aliphatic heterocycles. The topological polar surface area (TPSA) is 82.4 Å². The van der Waals surface area contributed by atoms with Gasteiger partial charge in [0.15, 0.2) is 0 Å². The average Bonchev–Trinajstić information content (AvgIpc) is 3.18. The molecule has 1 unspecified atom stereocenters. The maximum atomic E-state index is 12.3. The van der Waals surface area contributed by atoms with Crippen LogP contribution < -0.4 is 10.2 Å². The van der Waals surface area contributed by atoms with E-state index < -0.39 is 0 Å². The molecule has 0 aliphatic carbocycles. The molecular formula is C25H36N6O3. The molecule has 1 N–H and O–H groups in total. The van der Waals surface area contributed by atoms with Crippen LogP contribution in [0.25, 0.3) is 5.52 Å². The van der Waals surface area contributed by atoms with Gasteiger partial charge in [-0.05, 0) is 57.2 Å². The molecule has 4 atom stereocenters. The van der Waals surface area contributed by atoms with Gasteiger partial charge in [-0.3, -0.25) is 24.8 Å². The summed E-state index contributed by atoms with van der Waals surface area (Å²) in [5.74, 6) is 0.491. The second kappa shape index (κ2) is 9.64. The summed E-state index contributed by atoms with van der Waals surface area (Å²) in [4.78, 5) is 30.6. The number of carbonyl (C=O) groups is 2. The first kappa shape index (κ1) is 23.3. The molecule has 5 heterocycles. The van der Waals surface area contributed by atoms with Gasteiger partial charge in [0.2, 0.25) is 5.91 Å². The van der Waals surface area contributed by atoms with Gasteiger partial charge < -0.3 is 4.74 Å². The van der Waals surface area contributed by atoms with E-state index in [4.69, 9.17) is 4.74 Å². The number of carbonyl (C=O) groups excluding carboxylic acids is 2. The number of piperazine rings is 1. The lowest BCUT2D eigenvalue weighted by atomic mass is 9.91. The highest BCUT2D eigenvalue weighted by Gasteiger charge is 2.30. The number of fused-ring (bicyclic) bond motifs is 1. The Bertz CT molecular complexity index is 1040. The Kier molecular flexibility index (Phi) is 6.59. The van der Waals surface area contributed by atoms with Crippen molar-refractivity contribution in [2.75, 3.05) is 37.6 Å². The molecule has 0 radical (unpaired) electrons. The fourth-order valence-electron chi connectivity index (χ4n) is 5.88. The minimum atomic E-state index is -0.380. The molecule has 3 fully saturated rings. The molecule has 184 valence electrons. The van der Waals surface area contributed by atoms with E-state index in [1.807, 2.05) is 6.20 Å². The van der Waals surface area contributed by atoms with Crippen LogP contribution in [0.1, 0.15) is 45.6 Å². The fourth-order valence-corrected chi connectivity index (χ4v) is 5.88. The number of urea groups is 1. The van der Waals surface area contributed by atoms with E-state index in [1.165, 1.54) is 12.1 Å². The Morgan fingerprint density at radius 2 is 1.91 bits per heavy atom. The lowest BCUT2D eigenvalue weighted by Crippen LogP contribution is -2.53. The molecule has 9 heteroatoms. The summed E-state index contributed by atoms with van der Waals surface area (Å²) in [5.41, 5.74) is 2.83. The van der Waals surface area contributed by atoms with Gasteiger partial charge >= 0.3 is 6.03 Å². The molecule has 0 bridgehead atoms. The van der Waals surface area contributed by atoms with Crippen molar-refractivity contribution >= 4 is 23.1 Å². The third kappa shape index (κ3) is 4.96. The normalized spacial score (nSPS) is 29.6. The predicted molar refractivity (Wildman–Crippen MR) is 130 cm³/mol. The highest BCUT2D eigenvalue weighted by atomic mass is 16.5. The van der Waals surface area contributed by atoms with Gasteiger partial charge in [0, 0.05) is 57.9 Å².